The summed E-state index contributed by atoms with van der Waals surface area (Å²) in [6.07, 6.45) is 0. The Morgan fingerprint density at radius 3 is 2.18 bits per heavy atom. The molecule has 1 rings (SSSR count). The third-order valence-corrected chi connectivity index (χ3v) is 4.23. The lowest BCUT2D eigenvalue weighted by atomic mass is 10.1. The molecule has 0 aliphatic heterocycles. The van der Waals surface area contributed by atoms with E-state index < -0.39 is 7.75 Å². The fourth-order valence-electron chi connectivity index (χ4n) is 1.78. The predicted molar refractivity (Wildman–Crippen MR) is 88.1 cm³/mol. The highest BCUT2D eigenvalue weighted by molar-refractivity contribution is 7.55. The third kappa shape index (κ3) is 5.79. The molecule has 0 fully saturated rings. The smallest absolute Gasteiger partial charge is 0.347 e. The summed E-state index contributed by atoms with van der Waals surface area (Å²) in [5.74, 6) is -0.254. The zero-order valence-electron chi connectivity index (χ0n) is 13.8. The largest absolute Gasteiger partial charge is 0.432 e. The van der Waals surface area contributed by atoms with Crippen molar-refractivity contribution in [2.75, 3.05) is 18.3 Å². The molecule has 0 bridgehead atoms. The van der Waals surface area contributed by atoms with E-state index in [2.05, 4.69) is 10.4 Å². The van der Waals surface area contributed by atoms with Crippen LogP contribution in [0.3, 0.4) is 0 Å². The molecule has 0 radical (unpaired) electrons. The van der Waals surface area contributed by atoms with Crippen LogP contribution in [0, 0.1) is 0 Å². The number of anilines is 1. The average molecular weight is 328 g/mol. The number of amides is 1. The lowest BCUT2D eigenvalue weighted by Crippen LogP contribution is -2.40. The van der Waals surface area contributed by atoms with Crippen LogP contribution in [0.5, 0.6) is 0 Å². The van der Waals surface area contributed by atoms with E-state index in [0.29, 0.717) is 11.3 Å². The number of hydrogen-bond donors (Lipinski definition) is 2. The van der Waals surface area contributed by atoms with Crippen LogP contribution in [-0.2, 0) is 13.6 Å². The molecular weight excluding hydrogens is 303 g/mol. The number of rotatable bonds is 7. The minimum Gasteiger partial charge on any atom is -0.347 e. The first kappa shape index (κ1) is 18.7. The Labute approximate surface area is 132 Å². The van der Waals surface area contributed by atoms with Crippen molar-refractivity contribution in [2.24, 2.45) is 0 Å². The Morgan fingerprint density at radius 1 is 1.14 bits per heavy atom. The molecule has 1 aromatic carbocycles. The lowest BCUT2D eigenvalue weighted by molar-refractivity contribution is 0.0920. The summed E-state index contributed by atoms with van der Waals surface area (Å²) in [6.45, 7) is 9.61. The average Bonchev–Trinajstić information content (AvgIpc) is 2.37. The second kappa shape index (κ2) is 7.77. The molecule has 0 aliphatic carbocycles. The van der Waals surface area contributed by atoms with Crippen molar-refractivity contribution in [3.8, 4) is 0 Å². The van der Waals surface area contributed by atoms with Gasteiger partial charge in [0.2, 0.25) is 0 Å². The van der Waals surface area contributed by atoms with Crippen molar-refractivity contribution in [2.45, 2.75) is 40.2 Å². The number of benzene rings is 1. The van der Waals surface area contributed by atoms with E-state index in [-0.39, 0.29) is 24.7 Å². The molecule has 124 valence electrons. The second-order valence-corrected chi connectivity index (χ2v) is 7.43. The maximum atomic E-state index is 12.6. The zero-order chi connectivity index (χ0) is 16.8. The van der Waals surface area contributed by atoms with Gasteiger partial charge in [-0.05, 0) is 46.8 Å². The maximum absolute atomic E-state index is 12.6. The van der Waals surface area contributed by atoms with Crippen molar-refractivity contribution in [3.63, 3.8) is 0 Å². The van der Waals surface area contributed by atoms with Crippen LogP contribution < -0.4 is 10.4 Å². The van der Waals surface area contributed by atoms with Crippen molar-refractivity contribution in [3.05, 3.63) is 29.8 Å². The summed E-state index contributed by atoms with van der Waals surface area (Å²) in [4.78, 5) is 12.4. The highest BCUT2D eigenvalue weighted by Crippen LogP contribution is 2.48. The highest BCUT2D eigenvalue weighted by Gasteiger charge is 2.26. The molecule has 22 heavy (non-hydrogen) atoms. The van der Waals surface area contributed by atoms with Crippen LogP contribution in [0.25, 0.3) is 0 Å². The Morgan fingerprint density at radius 2 is 1.68 bits per heavy atom. The SMILES string of the molecule is CCOP(=O)(Nc1ccccc1C(=O)NC(C)(C)C)OCC. The number of carbonyl (C=O) groups excluding carboxylic acids is 1. The first-order valence-electron chi connectivity index (χ1n) is 7.29. The van der Waals surface area contributed by atoms with Gasteiger partial charge >= 0.3 is 7.75 Å². The standard InChI is InChI=1S/C15H25N2O4P/c1-6-20-22(19,21-7-2)17-13-11-9-8-10-12(13)14(18)16-15(3,4)5/h8-11H,6-7H2,1-5H3,(H,16,18)(H,17,19). The highest BCUT2D eigenvalue weighted by atomic mass is 31.2. The van der Waals surface area contributed by atoms with E-state index in [1.54, 1.807) is 38.1 Å². The topological polar surface area (TPSA) is 76.7 Å². The molecule has 0 spiro atoms. The summed E-state index contributed by atoms with van der Waals surface area (Å²) in [5.41, 5.74) is 0.430. The van der Waals surface area contributed by atoms with Crippen molar-refractivity contribution in [1.29, 1.82) is 0 Å². The summed E-state index contributed by atoms with van der Waals surface area (Å²) in [6, 6.07) is 6.82. The van der Waals surface area contributed by atoms with E-state index in [1.165, 1.54) is 0 Å². The van der Waals surface area contributed by atoms with Gasteiger partial charge in [0.1, 0.15) is 0 Å². The molecule has 0 heterocycles. The van der Waals surface area contributed by atoms with Gasteiger partial charge in [-0.1, -0.05) is 12.1 Å². The Balaban J connectivity index is 3.05. The van der Waals surface area contributed by atoms with Gasteiger partial charge in [0.15, 0.2) is 0 Å². The van der Waals surface area contributed by atoms with Crippen LogP contribution in [0.2, 0.25) is 0 Å². The van der Waals surface area contributed by atoms with Crippen LogP contribution >= 0.6 is 7.75 Å². The van der Waals surface area contributed by atoms with Gasteiger partial charge in [-0.2, -0.15) is 0 Å². The fraction of sp³-hybridized carbons (Fsp3) is 0.533. The Bertz CT molecular complexity index is 545. The van der Waals surface area contributed by atoms with Crippen molar-refractivity contribution >= 4 is 19.3 Å². The van der Waals surface area contributed by atoms with Gasteiger partial charge in [-0.25, -0.2) is 4.57 Å². The third-order valence-electron chi connectivity index (χ3n) is 2.52. The van der Waals surface area contributed by atoms with E-state index in [0.717, 1.165) is 0 Å². The molecule has 0 saturated carbocycles. The minimum atomic E-state index is -3.49. The molecule has 6 nitrogen and oxygen atoms in total. The van der Waals surface area contributed by atoms with Crippen LogP contribution in [0.4, 0.5) is 5.69 Å². The molecule has 0 atom stereocenters. The predicted octanol–water partition coefficient (Wildman–Crippen LogP) is 3.81. The van der Waals surface area contributed by atoms with Gasteiger partial charge in [-0.3, -0.25) is 18.9 Å². The van der Waals surface area contributed by atoms with Crippen molar-refractivity contribution < 1.29 is 18.4 Å². The van der Waals surface area contributed by atoms with Crippen LogP contribution in [-0.4, -0.2) is 24.7 Å². The molecule has 1 amide bonds. The number of nitrogens with one attached hydrogen (secondary N) is 2. The van der Waals surface area contributed by atoms with Gasteiger partial charge in [-0.15, -0.1) is 0 Å². The number of carbonyl (C=O) groups is 1. The Kier molecular flexibility index (Phi) is 6.60. The maximum Gasteiger partial charge on any atom is 0.432 e. The lowest BCUT2D eigenvalue weighted by Gasteiger charge is -2.23. The molecule has 0 unspecified atom stereocenters. The summed E-state index contributed by atoms with van der Waals surface area (Å²) < 4.78 is 23.0. The number of hydrogen-bond acceptors (Lipinski definition) is 4. The molecule has 0 aliphatic rings. The number of para-hydroxylation sites is 1. The molecule has 0 saturated heterocycles. The monoisotopic (exact) mass is 328 g/mol. The molecule has 0 aromatic heterocycles. The van der Waals surface area contributed by atoms with E-state index in [9.17, 15) is 9.36 Å². The summed E-state index contributed by atoms with van der Waals surface area (Å²) in [7, 11) is -3.49. The summed E-state index contributed by atoms with van der Waals surface area (Å²) in [5, 5.41) is 5.62. The van der Waals surface area contributed by atoms with Crippen molar-refractivity contribution in [1.82, 2.24) is 5.32 Å². The van der Waals surface area contributed by atoms with Crippen LogP contribution in [0.15, 0.2) is 24.3 Å². The van der Waals surface area contributed by atoms with E-state index >= 15 is 0 Å². The minimum absolute atomic E-state index is 0.237. The normalized spacial score (nSPS) is 12.0. The van der Waals surface area contributed by atoms with E-state index in [1.807, 2.05) is 20.8 Å². The molecular formula is C15H25N2O4P. The fourth-order valence-corrected chi connectivity index (χ4v) is 3.15. The van der Waals surface area contributed by atoms with E-state index in [4.69, 9.17) is 9.05 Å². The quantitative estimate of drug-likeness (QED) is 0.744. The first-order chi connectivity index (χ1) is 10.2. The van der Waals surface area contributed by atoms with Gasteiger partial charge in [0, 0.05) is 5.54 Å². The second-order valence-electron chi connectivity index (χ2n) is 5.69. The van der Waals surface area contributed by atoms with Gasteiger partial charge < -0.3 is 5.32 Å². The first-order valence-corrected chi connectivity index (χ1v) is 8.84. The van der Waals surface area contributed by atoms with Crippen LogP contribution in [0.1, 0.15) is 45.0 Å². The molecule has 7 heteroatoms. The molecule has 1 aromatic rings. The van der Waals surface area contributed by atoms with Gasteiger partial charge in [0.25, 0.3) is 5.91 Å². The van der Waals surface area contributed by atoms with Gasteiger partial charge in [0.05, 0.1) is 24.5 Å². The summed E-state index contributed by atoms with van der Waals surface area (Å²) >= 11 is 0. The zero-order valence-corrected chi connectivity index (χ0v) is 14.7. The Hall–Kier alpha value is -1.36. The molecule has 2 N–H and O–H groups in total.